The molecule has 8 nitrogen and oxygen atoms in total. The lowest BCUT2D eigenvalue weighted by Crippen LogP contribution is -2.48. The molecule has 5 unspecified atom stereocenters. The molecule has 30 heavy (non-hydrogen) atoms. The van der Waals surface area contributed by atoms with E-state index in [1.807, 2.05) is 4.68 Å². The maximum Gasteiger partial charge on any atom is 0.251 e. The maximum atomic E-state index is 13.5. The molecule has 158 valence electrons. The van der Waals surface area contributed by atoms with Gasteiger partial charge in [0, 0.05) is 31.0 Å². The number of carbonyl (C=O) groups is 1. The van der Waals surface area contributed by atoms with Gasteiger partial charge in [0.2, 0.25) is 0 Å². The molecule has 1 fully saturated rings. The van der Waals surface area contributed by atoms with Gasteiger partial charge in [0.05, 0.1) is 18.2 Å². The molecule has 1 aliphatic carbocycles. The van der Waals surface area contributed by atoms with Gasteiger partial charge < -0.3 is 10.1 Å². The van der Waals surface area contributed by atoms with Crippen LogP contribution >= 0.6 is 0 Å². The summed E-state index contributed by atoms with van der Waals surface area (Å²) in [7, 11) is 3.73. The lowest BCUT2D eigenvalue weighted by molar-refractivity contribution is -0.117. The third kappa shape index (κ3) is 2.91. The Morgan fingerprint density at radius 2 is 2.03 bits per heavy atom. The topological polar surface area (TPSA) is 85.2 Å². The zero-order valence-electron chi connectivity index (χ0n) is 17.2. The van der Waals surface area contributed by atoms with Gasteiger partial charge in [-0.2, -0.15) is 0 Å². The summed E-state index contributed by atoms with van der Waals surface area (Å²) in [6.45, 7) is 2.83. The van der Waals surface area contributed by atoms with Crippen LogP contribution in [0.4, 0.5) is 4.39 Å². The van der Waals surface area contributed by atoms with Crippen LogP contribution in [0.5, 0.6) is 0 Å². The molecule has 5 rings (SSSR count). The summed E-state index contributed by atoms with van der Waals surface area (Å²) in [5, 5.41) is 15.0. The smallest absolute Gasteiger partial charge is 0.251 e. The number of fused-ring (bicyclic) bond motifs is 3. The van der Waals surface area contributed by atoms with E-state index in [-0.39, 0.29) is 41.7 Å². The lowest BCUT2D eigenvalue weighted by Gasteiger charge is -2.42. The van der Waals surface area contributed by atoms with Crippen LogP contribution in [0, 0.1) is 17.7 Å². The molecule has 0 spiro atoms. The molecule has 1 N–H and O–H groups in total. The molecular formula is C21H25FN6O2. The zero-order chi connectivity index (χ0) is 21.0. The van der Waals surface area contributed by atoms with E-state index in [1.165, 1.54) is 12.1 Å². The highest BCUT2D eigenvalue weighted by molar-refractivity contribution is 6.01. The Kier molecular flexibility index (Phi) is 4.57. The fourth-order valence-electron chi connectivity index (χ4n) is 5.41. The summed E-state index contributed by atoms with van der Waals surface area (Å²) in [4.78, 5) is 15.2. The molecule has 2 aliphatic heterocycles. The van der Waals surface area contributed by atoms with Gasteiger partial charge in [-0.1, -0.05) is 0 Å². The highest BCUT2D eigenvalue weighted by atomic mass is 19.1. The van der Waals surface area contributed by atoms with Gasteiger partial charge in [0.15, 0.2) is 5.82 Å². The first-order valence-electron chi connectivity index (χ1n) is 10.3. The van der Waals surface area contributed by atoms with Crippen LogP contribution in [0.1, 0.15) is 37.2 Å². The summed E-state index contributed by atoms with van der Waals surface area (Å²) in [6.07, 6.45) is 1.51. The Morgan fingerprint density at radius 1 is 1.27 bits per heavy atom. The molecule has 2 aromatic rings. The fraction of sp³-hybridized carbons (Fsp3) is 0.524. The van der Waals surface area contributed by atoms with Crippen molar-refractivity contribution in [3.05, 3.63) is 47.0 Å². The summed E-state index contributed by atoms with van der Waals surface area (Å²) in [6, 6.07) is 6.54. The van der Waals surface area contributed by atoms with E-state index in [1.54, 1.807) is 19.2 Å². The van der Waals surface area contributed by atoms with E-state index < -0.39 is 0 Å². The van der Waals surface area contributed by atoms with Crippen molar-refractivity contribution in [2.45, 2.75) is 44.5 Å². The number of carbonyl (C=O) groups excluding carboxylic acids is 1. The first-order chi connectivity index (χ1) is 14.5. The number of benzene rings is 1. The van der Waals surface area contributed by atoms with Crippen LogP contribution in [0.25, 0.3) is 5.76 Å². The molecular weight excluding hydrogens is 387 g/mol. The van der Waals surface area contributed by atoms with E-state index in [2.05, 4.69) is 39.7 Å². The normalized spacial score (nSPS) is 30.7. The van der Waals surface area contributed by atoms with Gasteiger partial charge in [-0.25, -0.2) is 9.07 Å². The second kappa shape index (κ2) is 7.16. The number of amides is 1. The van der Waals surface area contributed by atoms with Gasteiger partial charge in [-0.3, -0.25) is 9.69 Å². The van der Waals surface area contributed by atoms with Gasteiger partial charge in [0.25, 0.3) is 5.91 Å². The molecule has 1 amide bonds. The number of tetrazole rings is 1. The second-order valence-electron chi connectivity index (χ2n) is 8.49. The summed E-state index contributed by atoms with van der Waals surface area (Å²) >= 11 is 0. The number of halogens is 1. The van der Waals surface area contributed by atoms with E-state index in [9.17, 15) is 9.18 Å². The van der Waals surface area contributed by atoms with Crippen LogP contribution in [0.15, 0.2) is 29.8 Å². The Morgan fingerprint density at radius 3 is 2.77 bits per heavy atom. The number of aromatic nitrogens is 4. The number of likely N-dealkylation sites (N-methyl/N-ethyl adjacent to an activating group) is 1. The average Bonchev–Trinajstić information content (AvgIpc) is 3.34. The Hall–Kier alpha value is -2.81. The fourth-order valence-corrected chi connectivity index (χ4v) is 5.41. The largest absolute Gasteiger partial charge is 0.489 e. The highest BCUT2D eigenvalue weighted by Crippen LogP contribution is 2.49. The summed E-state index contributed by atoms with van der Waals surface area (Å²) < 4.78 is 21.7. The molecule has 9 heteroatoms. The molecule has 0 saturated heterocycles. The zero-order valence-corrected chi connectivity index (χ0v) is 17.2. The molecule has 0 radical (unpaired) electrons. The highest BCUT2D eigenvalue weighted by Gasteiger charge is 2.51. The Labute approximate surface area is 174 Å². The molecule has 1 saturated carbocycles. The SMILES string of the molecule is CNC(=O)C1=C(c2ccc(F)cc2)OC2CC3C(CC12)C(C)n1nnnc1CN3C. The van der Waals surface area contributed by atoms with E-state index in [0.29, 0.717) is 17.9 Å². The van der Waals surface area contributed by atoms with E-state index >= 15 is 0 Å². The minimum absolute atomic E-state index is 0.0277. The monoisotopic (exact) mass is 412 g/mol. The van der Waals surface area contributed by atoms with Crippen molar-refractivity contribution in [1.29, 1.82) is 0 Å². The van der Waals surface area contributed by atoms with Gasteiger partial charge in [-0.05, 0) is 61.0 Å². The minimum atomic E-state index is -0.314. The van der Waals surface area contributed by atoms with Crippen molar-refractivity contribution in [2.75, 3.05) is 14.1 Å². The maximum absolute atomic E-state index is 13.5. The van der Waals surface area contributed by atoms with Crippen molar-refractivity contribution in [3.8, 4) is 0 Å². The van der Waals surface area contributed by atoms with Crippen molar-refractivity contribution in [2.24, 2.45) is 11.8 Å². The predicted octanol–water partition coefficient (Wildman–Crippen LogP) is 1.77. The summed E-state index contributed by atoms with van der Waals surface area (Å²) in [5.41, 5.74) is 1.39. The number of hydrogen-bond acceptors (Lipinski definition) is 6. The third-order valence-corrected chi connectivity index (χ3v) is 6.93. The van der Waals surface area contributed by atoms with Crippen molar-refractivity contribution >= 4 is 11.7 Å². The van der Waals surface area contributed by atoms with Crippen LogP contribution in [0.2, 0.25) is 0 Å². The molecule has 0 bridgehead atoms. The summed E-state index contributed by atoms with van der Waals surface area (Å²) in [5.74, 6) is 1.22. The third-order valence-electron chi connectivity index (χ3n) is 6.93. The average molecular weight is 412 g/mol. The van der Waals surface area contributed by atoms with Crippen molar-refractivity contribution in [1.82, 2.24) is 30.4 Å². The second-order valence-corrected chi connectivity index (χ2v) is 8.49. The first-order valence-corrected chi connectivity index (χ1v) is 10.3. The lowest BCUT2D eigenvalue weighted by atomic mass is 9.71. The molecule has 1 aromatic heterocycles. The standard InChI is InChI=1S/C21H25FN6O2/c1-11-14-8-15-17(9-16(14)27(3)10-18-24-25-26-28(11)18)30-20(19(15)21(29)23-2)12-4-6-13(22)7-5-12/h4-7,11,14-17H,8-10H2,1-3H3,(H,23,29). The quantitative estimate of drug-likeness (QED) is 0.809. The van der Waals surface area contributed by atoms with Gasteiger partial charge >= 0.3 is 0 Å². The predicted molar refractivity (Wildman–Crippen MR) is 106 cm³/mol. The van der Waals surface area contributed by atoms with Crippen LogP contribution < -0.4 is 5.32 Å². The molecule has 3 heterocycles. The van der Waals surface area contributed by atoms with Gasteiger partial charge in [0.1, 0.15) is 17.7 Å². The Balaban J connectivity index is 1.54. The number of nitrogens with zero attached hydrogens (tertiary/aromatic N) is 5. The molecule has 1 aromatic carbocycles. The van der Waals surface area contributed by atoms with E-state index in [4.69, 9.17) is 4.74 Å². The number of ether oxygens (including phenoxy) is 1. The van der Waals surface area contributed by atoms with Crippen molar-refractivity contribution < 1.29 is 13.9 Å². The molecule has 5 atom stereocenters. The van der Waals surface area contributed by atoms with Crippen molar-refractivity contribution in [3.63, 3.8) is 0 Å². The Bertz CT molecular complexity index is 1000. The number of hydrogen-bond donors (Lipinski definition) is 1. The number of rotatable bonds is 2. The molecule has 3 aliphatic rings. The number of nitrogens with one attached hydrogen (secondary N) is 1. The van der Waals surface area contributed by atoms with Crippen LogP contribution in [0.3, 0.4) is 0 Å². The van der Waals surface area contributed by atoms with Crippen LogP contribution in [-0.4, -0.2) is 57.3 Å². The first kappa shape index (κ1) is 19.2. The minimum Gasteiger partial charge on any atom is -0.489 e. The van der Waals surface area contributed by atoms with E-state index in [0.717, 1.165) is 24.2 Å². The van der Waals surface area contributed by atoms with Gasteiger partial charge in [-0.15, -0.1) is 5.10 Å². The van der Waals surface area contributed by atoms with Crippen LogP contribution in [-0.2, 0) is 16.1 Å².